The fourth-order valence-corrected chi connectivity index (χ4v) is 1.78. The van der Waals surface area contributed by atoms with E-state index in [0.29, 0.717) is 11.2 Å². The van der Waals surface area contributed by atoms with E-state index in [4.69, 9.17) is 0 Å². The van der Waals surface area contributed by atoms with E-state index >= 15 is 0 Å². The van der Waals surface area contributed by atoms with E-state index in [-0.39, 0.29) is 11.4 Å². The number of aromatic nitrogens is 3. The van der Waals surface area contributed by atoms with Crippen LogP contribution in [0.4, 0.5) is 4.39 Å². The normalized spacial score (nSPS) is 10.9. The molecular weight excluding hydrogens is 221 g/mol. The van der Waals surface area contributed by atoms with Crippen LogP contribution >= 0.6 is 0 Å². The molecule has 2 aromatic heterocycles. The standard InChI is InChI=1S/C12H8FN3O/c13-9-5-2-1-4-8(9)12-15-14-10-6-3-7-11(17)16(10)12/h1-7,14H. The lowest BCUT2D eigenvalue weighted by Crippen LogP contribution is -2.11. The monoisotopic (exact) mass is 229 g/mol. The molecular formula is C12H8FN3O. The van der Waals surface area contributed by atoms with Crippen molar-refractivity contribution in [2.75, 3.05) is 0 Å². The van der Waals surface area contributed by atoms with Crippen molar-refractivity contribution in [1.29, 1.82) is 0 Å². The molecule has 5 heteroatoms. The largest absolute Gasteiger partial charge is 0.269 e. The molecule has 0 aliphatic rings. The van der Waals surface area contributed by atoms with Gasteiger partial charge in [0.1, 0.15) is 11.5 Å². The van der Waals surface area contributed by atoms with Gasteiger partial charge in [-0.2, -0.15) is 5.10 Å². The lowest BCUT2D eigenvalue weighted by Gasteiger charge is -2.00. The average Bonchev–Trinajstić information content (AvgIpc) is 2.75. The molecule has 0 fully saturated rings. The van der Waals surface area contributed by atoms with Crippen LogP contribution < -0.4 is 5.56 Å². The second-order valence-corrected chi connectivity index (χ2v) is 3.61. The molecule has 0 unspecified atom stereocenters. The van der Waals surface area contributed by atoms with Gasteiger partial charge in [0.15, 0.2) is 5.82 Å². The third-order valence-electron chi connectivity index (χ3n) is 2.56. The van der Waals surface area contributed by atoms with Gasteiger partial charge in [-0.15, -0.1) is 0 Å². The molecule has 0 aliphatic heterocycles. The molecule has 0 amide bonds. The van der Waals surface area contributed by atoms with E-state index in [1.807, 2.05) is 0 Å². The highest BCUT2D eigenvalue weighted by Gasteiger charge is 2.12. The van der Waals surface area contributed by atoms with Crippen LogP contribution in [0.3, 0.4) is 0 Å². The first-order valence-corrected chi connectivity index (χ1v) is 5.08. The minimum atomic E-state index is -0.406. The van der Waals surface area contributed by atoms with Crippen LogP contribution in [0.5, 0.6) is 0 Å². The smallest absolute Gasteiger partial charge is 0.257 e. The van der Waals surface area contributed by atoms with Crippen molar-refractivity contribution in [2.24, 2.45) is 0 Å². The van der Waals surface area contributed by atoms with Crippen molar-refractivity contribution < 1.29 is 4.39 Å². The Kier molecular flexibility index (Phi) is 2.04. The molecule has 17 heavy (non-hydrogen) atoms. The maximum atomic E-state index is 13.6. The van der Waals surface area contributed by atoms with Gasteiger partial charge in [0.05, 0.1) is 5.56 Å². The van der Waals surface area contributed by atoms with Gasteiger partial charge in [-0.1, -0.05) is 18.2 Å². The quantitative estimate of drug-likeness (QED) is 0.692. The lowest BCUT2D eigenvalue weighted by molar-refractivity contribution is 0.629. The van der Waals surface area contributed by atoms with Gasteiger partial charge in [-0.05, 0) is 18.2 Å². The predicted octanol–water partition coefficient (Wildman–Crippen LogP) is 1.83. The number of pyridine rings is 1. The molecule has 1 aromatic carbocycles. The molecule has 0 saturated heterocycles. The Morgan fingerprint density at radius 3 is 2.76 bits per heavy atom. The highest BCUT2D eigenvalue weighted by molar-refractivity contribution is 5.59. The number of H-pyrrole nitrogens is 1. The summed E-state index contributed by atoms with van der Waals surface area (Å²) in [5.74, 6) is -0.125. The molecule has 1 N–H and O–H groups in total. The van der Waals surface area contributed by atoms with Gasteiger partial charge in [-0.25, -0.2) is 8.79 Å². The number of fused-ring (bicyclic) bond motifs is 1. The maximum absolute atomic E-state index is 13.6. The zero-order chi connectivity index (χ0) is 11.8. The van der Waals surface area contributed by atoms with Gasteiger partial charge >= 0.3 is 0 Å². The van der Waals surface area contributed by atoms with E-state index in [0.717, 1.165) is 0 Å². The molecule has 2 heterocycles. The molecule has 0 saturated carbocycles. The highest BCUT2D eigenvalue weighted by atomic mass is 19.1. The van der Waals surface area contributed by atoms with Crippen LogP contribution in [-0.2, 0) is 0 Å². The predicted molar refractivity (Wildman–Crippen MR) is 61.2 cm³/mol. The lowest BCUT2D eigenvalue weighted by atomic mass is 10.2. The number of nitrogens with zero attached hydrogens (tertiary/aromatic N) is 2. The molecule has 84 valence electrons. The van der Waals surface area contributed by atoms with Crippen LogP contribution in [0.15, 0.2) is 47.3 Å². The summed E-state index contributed by atoms with van der Waals surface area (Å²) >= 11 is 0. The first kappa shape index (κ1) is 9.77. The van der Waals surface area contributed by atoms with E-state index < -0.39 is 5.82 Å². The maximum Gasteiger partial charge on any atom is 0.257 e. The van der Waals surface area contributed by atoms with E-state index in [2.05, 4.69) is 10.2 Å². The third-order valence-corrected chi connectivity index (χ3v) is 2.56. The molecule has 0 aliphatic carbocycles. The fraction of sp³-hybridized carbons (Fsp3) is 0. The molecule has 0 atom stereocenters. The van der Waals surface area contributed by atoms with Crippen molar-refractivity contribution in [3.8, 4) is 11.4 Å². The summed E-state index contributed by atoms with van der Waals surface area (Å²) in [5.41, 5.74) is 0.595. The first-order valence-electron chi connectivity index (χ1n) is 5.08. The summed E-state index contributed by atoms with van der Waals surface area (Å²) in [7, 11) is 0. The number of hydrogen-bond donors (Lipinski definition) is 1. The molecule has 3 aromatic rings. The minimum absolute atomic E-state index is 0.241. The van der Waals surface area contributed by atoms with Gasteiger partial charge < -0.3 is 0 Å². The van der Waals surface area contributed by atoms with Crippen LogP contribution in [0.2, 0.25) is 0 Å². The second kappa shape index (κ2) is 3.55. The SMILES string of the molecule is O=c1cccc2[nH]nc(-c3ccccc3F)n12. The summed E-state index contributed by atoms with van der Waals surface area (Å²) in [6, 6.07) is 11.0. The van der Waals surface area contributed by atoms with Gasteiger partial charge in [0.2, 0.25) is 0 Å². The van der Waals surface area contributed by atoms with Gasteiger partial charge in [-0.3, -0.25) is 9.89 Å². The Hall–Kier alpha value is -2.43. The summed E-state index contributed by atoms with van der Waals surface area (Å²) in [6.07, 6.45) is 0. The summed E-state index contributed by atoms with van der Waals surface area (Å²) in [6.45, 7) is 0. The molecule has 3 rings (SSSR count). The van der Waals surface area contributed by atoms with E-state index in [1.54, 1.807) is 30.3 Å². The molecule has 0 bridgehead atoms. The first-order chi connectivity index (χ1) is 8.27. The van der Waals surface area contributed by atoms with Crippen molar-refractivity contribution in [3.63, 3.8) is 0 Å². The molecule has 0 radical (unpaired) electrons. The summed E-state index contributed by atoms with van der Waals surface area (Å²) in [4.78, 5) is 11.7. The number of rotatable bonds is 1. The second-order valence-electron chi connectivity index (χ2n) is 3.61. The Morgan fingerprint density at radius 2 is 1.94 bits per heavy atom. The van der Waals surface area contributed by atoms with Gasteiger partial charge in [0, 0.05) is 6.07 Å². The Bertz CT molecular complexity index is 745. The van der Waals surface area contributed by atoms with Crippen LogP contribution in [-0.4, -0.2) is 14.6 Å². The summed E-state index contributed by atoms with van der Waals surface area (Å²) in [5, 5.41) is 6.69. The zero-order valence-corrected chi connectivity index (χ0v) is 8.72. The van der Waals surface area contributed by atoms with Crippen LogP contribution in [0, 0.1) is 5.82 Å². The van der Waals surface area contributed by atoms with Crippen LogP contribution in [0.25, 0.3) is 17.0 Å². The Balaban J connectivity index is 2.40. The fourth-order valence-electron chi connectivity index (χ4n) is 1.78. The number of benzene rings is 1. The Labute approximate surface area is 95.3 Å². The number of nitrogens with one attached hydrogen (secondary N) is 1. The number of halogens is 1. The van der Waals surface area contributed by atoms with Crippen molar-refractivity contribution in [3.05, 3.63) is 58.6 Å². The minimum Gasteiger partial charge on any atom is -0.269 e. The van der Waals surface area contributed by atoms with Crippen molar-refractivity contribution in [1.82, 2.24) is 14.6 Å². The third kappa shape index (κ3) is 1.44. The Morgan fingerprint density at radius 1 is 1.12 bits per heavy atom. The van der Waals surface area contributed by atoms with Gasteiger partial charge in [0.25, 0.3) is 5.56 Å². The van der Waals surface area contributed by atoms with Crippen molar-refractivity contribution in [2.45, 2.75) is 0 Å². The van der Waals surface area contributed by atoms with E-state index in [9.17, 15) is 9.18 Å². The molecule has 0 spiro atoms. The van der Waals surface area contributed by atoms with Crippen LogP contribution in [0.1, 0.15) is 0 Å². The highest BCUT2D eigenvalue weighted by Crippen LogP contribution is 2.19. The average molecular weight is 229 g/mol. The summed E-state index contributed by atoms with van der Waals surface area (Å²) < 4.78 is 15.0. The zero-order valence-electron chi connectivity index (χ0n) is 8.72. The number of hydrogen-bond acceptors (Lipinski definition) is 2. The van der Waals surface area contributed by atoms with Crippen molar-refractivity contribution >= 4 is 5.65 Å². The molecule has 4 nitrogen and oxygen atoms in total. The topological polar surface area (TPSA) is 50.2 Å². The number of aromatic amines is 1. The van der Waals surface area contributed by atoms with E-state index in [1.165, 1.54) is 16.5 Å².